The summed E-state index contributed by atoms with van der Waals surface area (Å²) in [5.41, 5.74) is 10.4. The van der Waals surface area contributed by atoms with Gasteiger partial charge in [-0.3, -0.25) is 0 Å². The van der Waals surface area contributed by atoms with Crippen LogP contribution in [0.5, 0.6) is 0 Å². The van der Waals surface area contributed by atoms with Gasteiger partial charge in [0.2, 0.25) is 0 Å². The molecule has 1 heterocycles. The number of hydrogen-bond donors (Lipinski definition) is 1. The molecule has 0 fully saturated rings. The number of aromatic nitrogens is 1. The molecule has 0 bridgehead atoms. The number of thiazole rings is 1. The van der Waals surface area contributed by atoms with Gasteiger partial charge in [0.25, 0.3) is 0 Å². The summed E-state index contributed by atoms with van der Waals surface area (Å²) in [6.07, 6.45) is 0. The topological polar surface area (TPSA) is 38.9 Å². The van der Waals surface area contributed by atoms with Gasteiger partial charge in [0.05, 0.1) is 5.69 Å². The highest BCUT2D eigenvalue weighted by atomic mass is 32.1. The molecule has 78 valence electrons. The average molecular weight is 218 g/mol. The zero-order chi connectivity index (χ0) is 10.8. The van der Waals surface area contributed by atoms with Gasteiger partial charge in [-0.1, -0.05) is 18.2 Å². The molecule has 2 rings (SSSR count). The van der Waals surface area contributed by atoms with E-state index in [4.69, 9.17) is 5.73 Å². The van der Waals surface area contributed by atoms with Crippen molar-refractivity contribution in [3.05, 3.63) is 39.7 Å². The van der Waals surface area contributed by atoms with Gasteiger partial charge in [-0.05, 0) is 25.0 Å². The van der Waals surface area contributed by atoms with Gasteiger partial charge in [0, 0.05) is 17.5 Å². The van der Waals surface area contributed by atoms with Crippen LogP contribution >= 0.6 is 11.3 Å². The van der Waals surface area contributed by atoms with Gasteiger partial charge in [0.15, 0.2) is 0 Å². The van der Waals surface area contributed by atoms with E-state index >= 15 is 0 Å². The van der Waals surface area contributed by atoms with Crippen LogP contribution in [0, 0.1) is 13.8 Å². The molecule has 0 spiro atoms. The second kappa shape index (κ2) is 4.13. The Morgan fingerprint density at radius 2 is 2.13 bits per heavy atom. The number of benzene rings is 1. The third kappa shape index (κ3) is 1.94. The van der Waals surface area contributed by atoms with Crippen LogP contribution in [0.25, 0.3) is 11.3 Å². The number of nitrogens with zero attached hydrogens (tertiary/aromatic N) is 1. The standard InChI is InChI=1S/C12H14N2S/c1-8-4-3-5-10(9(8)2)11-7-15-12(6-13)14-11/h3-5,7H,6,13H2,1-2H3. The minimum absolute atomic E-state index is 0.523. The molecular weight excluding hydrogens is 204 g/mol. The molecule has 2 N–H and O–H groups in total. The van der Waals surface area contributed by atoms with Crippen molar-refractivity contribution in [3.63, 3.8) is 0 Å². The summed E-state index contributed by atoms with van der Waals surface area (Å²) in [6.45, 7) is 4.77. The highest BCUT2D eigenvalue weighted by Crippen LogP contribution is 2.26. The molecular formula is C12H14N2S. The number of aryl methyl sites for hydroxylation is 1. The first-order chi connectivity index (χ1) is 7.22. The molecule has 2 nitrogen and oxygen atoms in total. The van der Waals surface area contributed by atoms with Gasteiger partial charge in [0.1, 0.15) is 5.01 Å². The van der Waals surface area contributed by atoms with Crippen LogP contribution in [0.3, 0.4) is 0 Å². The first-order valence-electron chi connectivity index (χ1n) is 4.93. The molecule has 3 heteroatoms. The van der Waals surface area contributed by atoms with E-state index in [-0.39, 0.29) is 0 Å². The minimum atomic E-state index is 0.523. The lowest BCUT2D eigenvalue weighted by atomic mass is 10.0. The molecule has 15 heavy (non-hydrogen) atoms. The largest absolute Gasteiger partial charge is 0.325 e. The molecule has 0 atom stereocenters. The van der Waals surface area contributed by atoms with Crippen LogP contribution in [0.2, 0.25) is 0 Å². The molecule has 0 aliphatic carbocycles. The second-order valence-electron chi connectivity index (χ2n) is 3.58. The summed E-state index contributed by atoms with van der Waals surface area (Å²) in [7, 11) is 0. The van der Waals surface area contributed by atoms with E-state index in [0.717, 1.165) is 10.7 Å². The smallest absolute Gasteiger partial charge is 0.107 e. The predicted octanol–water partition coefficient (Wildman–Crippen LogP) is 2.89. The molecule has 1 aromatic heterocycles. The Labute approximate surface area is 93.8 Å². The van der Waals surface area contributed by atoms with E-state index < -0.39 is 0 Å². The van der Waals surface area contributed by atoms with E-state index in [1.807, 2.05) is 0 Å². The maximum atomic E-state index is 5.56. The quantitative estimate of drug-likeness (QED) is 0.841. The monoisotopic (exact) mass is 218 g/mol. The van der Waals surface area contributed by atoms with Gasteiger partial charge >= 0.3 is 0 Å². The first kappa shape index (κ1) is 10.3. The van der Waals surface area contributed by atoms with Crippen LogP contribution in [0.1, 0.15) is 16.1 Å². The van der Waals surface area contributed by atoms with E-state index in [0.29, 0.717) is 6.54 Å². The summed E-state index contributed by atoms with van der Waals surface area (Å²) in [6, 6.07) is 6.30. The summed E-state index contributed by atoms with van der Waals surface area (Å²) in [5.74, 6) is 0. The van der Waals surface area contributed by atoms with Crippen LogP contribution in [0.4, 0.5) is 0 Å². The van der Waals surface area contributed by atoms with Crippen molar-refractivity contribution >= 4 is 11.3 Å². The van der Waals surface area contributed by atoms with Crippen molar-refractivity contribution in [2.24, 2.45) is 5.73 Å². The molecule has 0 unspecified atom stereocenters. The van der Waals surface area contributed by atoms with Crippen molar-refractivity contribution < 1.29 is 0 Å². The van der Waals surface area contributed by atoms with Crippen molar-refractivity contribution in [1.82, 2.24) is 4.98 Å². The summed E-state index contributed by atoms with van der Waals surface area (Å²) in [5, 5.41) is 3.06. The van der Waals surface area contributed by atoms with E-state index in [1.165, 1.54) is 16.7 Å². The fourth-order valence-electron chi connectivity index (χ4n) is 1.56. The zero-order valence-corrected chi connectivity index (χ0v) is 9.77. The van der Waals surface area contributed by atoms with E-state index in [1.54, 1.807) is 11.3 Å². The SMILES string of the molecule is Cc1cccc(-c2csc(CN)n2)c1C. The van der Waals surface area contributed by atoms with Crippen molar-refractivity contribution in [2.75, 3.05) is 0 Å². The lowest BCUT2D eigenvalue weighted by Gasteiger charge is -2.05. The van der Waals surface area contributed by atoms with E-state index in [2.05, 4.69) is 42.4 Å². The minimum Gasteiger partial charge on any atom is -0.325 e. The molecule has 0 radical (unpaired) electrons. The normalized spacial score (nSPS) is 10.6. The number of rotatable bonds is 2. The van der Waals surface area contributed by atoms with Crippen molar-refractivity contribution in [3.8, 4) is 11.3 Å². The van der Waals surface area contributed by atoms with Crippen molar-refractivity contribution in [1.29, 1.82) is 0 Å². The summed E-state index contributed by atoms with van der Waals surface area (Å²) < 4.78 is 0. The third-order valence-electron chi connectivity index (χ3n) is 2.61. The third-order valence-corrected chi connectivity index (χ3v) is 3.48. The van der Waals surface area contributed by atoms with Crippen LogP contribution < -0.4 is 5.73 Å². The lowest BCUT2D eigenvalue weighted by Crippen LogP contribution is -1.95. The Kier molecular flexibility index (Phi) is 2.84. The van der Waals surface area contributed by atoms with E-state index in [9.17, 15) is 0 Å². The lowest BCUT2D eigenvalue weighted by molar-refractivity contribution is 1.04. The number of hydrogen-bond acceptors (Lipinski definition) is 3. The Morgan fingerprint density at radius 1 is 1.33 bits per heavy atom. The molecule has 0 aliphatic rings. The Hall–Kier alpha value is -1.19. The van der Waals surface area contributed by atoms with Gasteiger partial charge in [-0.15, -0.1) is 11.3 Å². The molecule has 0 saturated carbocycles. The molecule has 0 amide bonds. The maximum Gasteiger partial charge on any atom is 0.107 e. The number of nitrogens with two attached hydrogens (primary N) is 1. The highest BCUT2D eigenvalue weighted by Gasteiger charge is 2.07. The van der Waals surface area contributed by atoms with Crippen LogP contribution in [-0.2, 0) is 6.54 Å². The van der Waals surface area contributed by atoms with Crippen molar-refractivity contribution in [2.45, 2.75) is 20.4 Å². The Morgan fingerprint density at radius 3 is 2.80 bits per heavy atom. The Balaban J connectivity index is 2.49. The molecule has 0 aliphatic heterocycles. The van der Waals surface area contributed by atoms with Gasteiger partial charge in [-0.25, -0.2) is 4.98 Å². The average Bonchev–Trinajstić information content (AvgIpc) is 2.70. The maximum absolute atomic E-state index is 5.56. The second-order valence-corrected chi connectivity index (χ2v) is 4.52. The van der Waals surface area contributed by atoms with Gasteiger partial charge in [-0.2, -0.15) is 0 Å². The Bertz CT molecular complexity index is 474. The van der Waals surface area contributed by atoms with Crippen LogP contribution in [-0.4, -0.2) is 4.98 Å². The van der Waals surface area contributed by atoms with Gasteiger partial charge < -0.3 is 5.73 Å². The predicted molar refractivity (Wildman–Crippen MR) is 64.9 cm³/mol. The first-order valence-corrected chi connectivity index (χ1v) is 5.81. The van der Waals surface area contributed by atoms with Crippen LogP contribution in [0.15, 0.2) is 23.6 Å². The highest BCUT2D eigenvalue weighted by molar-refractivity contribution is 7.09. The molecule has 1 aromatic carbocycles. The fourth-order valence-corrected chi connectivity index (χ4v) is 2.23. The summed E-state index contributed by atoms with van der Waals surface area (Å²) >= 11 is 1.62. The molecule has 2 aromatic rings. The fraction of sp³-hybridized carbons (Fsp3) is 0.250. The molecule has 0 saturated heterocycles. The summed E-state index contributed by atoms with van der Waals surface area (Å²) in [4.78, 5) is 4.49. The zero-order valence-electron chi connectivity index (χ0n) is 8.95.